The first kappa shape index (κ1) is 17.4. The molecule has 0 atom stereocenters. The minimum atomic E-state index is -2.58. The lowest BCUT2D eigenvalue weighted by Gasteiger charge is -2.08. The third kappa shape index (κ3) is 8.15. The minimum Gasteiger partial charge on any atom is -0.492 e. The van der Waals surface area contributed by atoms with Crippen LogP contribution in [-0.2, 0) is 0 Å². The number of urea groups is 1. The maximum atomic E-state index is 12.7. The molecule has 1 rings (SSSR count). The lowest BCUT2D eigenvalue weighted by atomic mass is 10.3. The van der Waals surface area contributed by atoms with E-state index in [9.17, 15) is 18.0 Å². The molecule has 0 spiro atoms. The van der Waals surface area contributed by atoms with Crippen LogP contribution in [-0.4, -0.2) is 32.2 Å². The number of amides is 2. The molecule has 8 heteroatoms. The van der Waals surface area contributed by atoms with Crippen LogP contribution in [0.1, 0.15) is 0 Å². The maximum Gasteiger partial charge on any atom is 0.315 e. The van der Waals surface area contributed by atoms with Gasteiger partial charge in [0.2, 0.25) is 0 Å². The number of halogens is 4. The van der Waals surface area contributed by atoms with Crippen LogP contribution in [0.4, 0.5) is 18.0 Å². The maximum absolute atomic E-state index is 12.7. The van der Waals surface area contributed by atoms with Gasteiger partial charge in [-0.3, -0.25) is 0 Å². The molecule has 1 aromatic rings. The third-order valence-electron chi connectivity index (χ3n) is 1.87. The van der Waals surface area contributed by atoms with Crippen molar-refractivity contribution in [3.8, 4) is 5.75 Å². The second kappa shape index (κ2) is 9.32. The Balaban J connectivity index is 0.00000324. The molecule has 0 saturated carbocycles. The van der Waals surface area contributed by atoms with Crippen LogP contribution >= 0.6 is 12.4 Å². The monoisotopic (exact) mass is 298 g/mol. The van der Waals surface area contributed by atoms with E-state index in [4.69, 9.17) is 4.74 Å². The molecule has 0 radical (unpaired) electrons. The van der Waals surface area contributed by atoms with Crippen molar-refractivity contribution in [2.24, 2.45) is 0 Å². The lowest BCUT2D eigenvalue weighted by Crippen LogP contribution is -2.39. The van der Waals surface area contributed by atoms with Gasteiger partial charge >= 0.3 is 6.03 Å². The molecule has 19 heavy (non-hydrogen) atoms. The molecule has 0 bridgehead atoms. The van der Waals surface area contributed by atoms with E-state index >= 15 is 0 Å². The molecule has 108 valence electrons. The van der Waals surface area contributed by atoms with Gasteiger partial charge in [-0.05, 0) is 12.1 Å². The van der Waals surface area contributed by atoms with Gasteiger partial charge in [-0.15, -0.1) is 12.4 Å². The molecule has 0 aliphatic heterocycles. The lowest BCUT2D eigenvalue weighted by molar-refractivity contribution is 0.146. The average molecular weight is 299 g/mol. The Bertz CT molecular complexity index is 394. The summed E-state index contributed by atoms with van der Waals surface area (Å²) in [5, 5.41) is 4.30. The summed E-state index contributed by atoms with van der Waals surface area (Å²) in [6.07, 6.45) is -2.58. The zero-order valence-electron chi connectivity index (χ0n) is 9.87. The number of alkyl halides is 2. The first-order chi connectivity index (χ1) is 8.58. The highest BCUT2D eigenvalue weighted by molar-refractivity contribution is 5.85. The summed E-state index contributed by atoms with van der Waals surface area (Å²) in [4.78, 5) is 10.9. The zero-order valence-corrected chi connectivity index (χ0v) is 10.7. The zero-order chi connectivity index (χ0) is 13.4. The fourth-order valence-corrected chi connectivity index (χ4v) is 1.12. The van der Waals surface area contributed by atoms with Gasteiger partial charge in [0.05, 0.1) is 13.1 Å². The van der Waals surface area contributed by atoms with Gasteiger partial charge in [0.15, 0.2) is 0 Å². The first-order valence-electron chi connectivity index (χ1n) is 5.26. The Labute approximate surface area is 114 Å². The number of carbonyl (C=O) groups is 1. The number of carbonyl (C=O) groups excluding carboxylic acids is 1. The molecule has 2 amide bonds. The average Bonchev–Trinajstić information content (AvgIpc) is 2.32. The van der Waals surface area contributed by atoms with Gasteiger partial charge < -0.3 is 15.4 Å². The van der Waals surface area contributed by atoms with Crippen LogP contribution in [0.2, 0.25) is 0 Å². The highest BCUT2D eigenvalue weighted by atomic mass is 35.5. The van der Waals surface area contributed by atoms with Gasteiger partial charge in [-0.25, -0.2) is 18.0 Å². The van der Waals surface area contributed by atoms with Crippen LogP contribution in [0, 0.1) is 5.82 Å². The van der Waals surface area contributed by atoms with E-state index in [-0.39, 0.29) is 25.6 Å². The molecule has 0 heterocycles. The van der Waals surface area contributed by atoms with E-state index in [1.807, 2.05) is 5.32 Å². The summed E-state index contributed by atoms with van der Waals surface area (Å²) in [7, 11) is 0. The Morgan fingerprint density at radius 1 is 1.32 bits per heavy atom. The molecule has 0 saturated heterocycles. The highest BCUT2D eigenvalue weighted by Crippen LogP contribution is 2.11. The topological polar surface area (TPSA) is 50.4 Å². The summed E-state index contributed by atoms with van der Waals surface area (Å²) < 4.78 is 41.4. The molecule has 1 aromatic carbocycles. The van der Waals surface area contributed by atoms with Crippen molar-refractivity contribution in [2.45, 2.75) is 6.43 Å². The Kier molecular flexibility index (Phi) is 8.52. The number of rotatable bonds is 6. The standard InChI is InChI=1S/C11H13F3N2O2.ClH/c12-8-2-1-3-9(6-8)18-5-4-15-11(17)16-7-10(13)14;/h1-3,6,10H,4-5,7H2,(H2,15,16,17);1H. The normalized spacial score (nSPS) is 9.68. The fourth-order valence-electron chi connectivity index (χ4n) is 1.12. The third-order valence-corrected chi connectivity index (χ3v) is 1.87. The minimum absolute atomic E-state index is 0. The Morgan fingerprint density at radius 2 is 2.05 bits per heavy atom. The Hall–Kier alpha value is -1.63. The first-order valence-corrected chi connectivity index (χ1v) is 5.26. The molecular formula is C11H14ClF3N2O2. The molecule has 0 fully saturated rings. The molecule has 4 nitrogen and oxygen atoms in total. The fraction of sp³-hybridized carbons (Fsp3) is 0.364. The van der Waals surface area contributed by atoms with Crippen LogP contribution in [0.25, 0.3) is 0 Å². The molecular weight excluding hydrogens is 285 g/mol. The summed E-state index contributed by atoms with van der Waals surface area (Å²) in [6, 6.07) is 4.85. The van der Waals surface area contributed by atoms with Crippen molar-refractivity contribution >= 4 is 18.4 Å². The quantitative estimate of drug-likeness (QED) is 0.791. The number of hydrogen-bond acceptors (Lipinski definition) is 2. The van der Waals surface area contributed by atoms with Crippen LogP contribution < -0.4 is 15.4 Å². The van der Waals surface area contributed by atoms with Crippen molar-refractivity contribution in [3.05, 3.63) is 30.1 Å². The smallest absolute Gasteiger partial charge is 0.315 e. The van der Waals surface area contributed by atoms with Gasteiger partial charge in [0, 0.05) is 6.07 Å². The predicted molar refractivity (Wildman–Crippen MR) is 66.5 cm³/mol. The molecule has 0 aliphatic carbocycles. The van der Waals surface area contributed by atoms with Gasteiger partial charge in [0.25, 0.3) is 6.43 Å². The molecule has 0 aromatic heterocycles. The van der Waals surface area contributed by atoms with Crippen LogP contribution in [0.3, 0.4) is 0 Å². The van der Waals surface area contributed by atoms with Crippen LogP contribution in [0.5, 0.6) is 5.75 Å². The van der Waals surface area contributed by atoms with E-state index in [1.54, 1.807) is 6.07 Å². The van der Waals surface area contributed by atoms with Crippen LogP contribution in [0.15, 0.2) is 24.3 Å². The largest absolute Gasteiger partial charge is 0.492 e. The number of benzene rings is 1. The SMILES string of the molecule is Cl.O=C(NCCOc1cccc(F)c1)NCC(F)F. The molecule has 0 aliphatic rings. The highest BCUT2D eigenvalue weighted by Gasteiger charge is 2.05. The number of hydrogen-bond donors (Lipinski definition) is 2. The number of nitrogens with one attached hydrogen (secondary N) is 2. The second-order valence-electron chi connectivity index (χ2n) is 3.33. The van der Waals surface area contributed by atoms with E-state index in [1.165, 1.54) is 18.2 Å². The van der Waals surface area contributed by atoms with Gasteiger partial charge in [-0.1, -0.05) is 6.07 Å². The summed E-state index contributed by atoms with van der Waals surface area (Å²) in [6.45, 7) is -0.451. The number of ether oxygens (including phenoxy) is 1. The summed E-state index contributed by atoms with van der Waals surface area (Å²) in [5.41, 5.74) is 0. The van der Waals surface area contributed by atoms with Crippen molar-refractivity contribution in [1.29, 1.82) is 0 Å². The Morgan fingerprint density at radius 3 is 2.68 bits per heavy atom. The van der Waals surface area contributed by atoms with Crippen molar-refractivity contribution in [1.82, 2.24) is 10.6 Å². The van der Waals surface area contributed by atoms with Gasteiger partial charge in [0.1, 0.15) is 18.2 Å². The van der Waals surface area contributed by atoms with E-state index in [2.05, 4.69) is 5.32 Å². The van der Waals surface area contributed by atoms with Crippen molar-refractivity contribution in [2.75, 3.05) is 19.7 Å². The van der Waals surface area contributed by atoms with Crippen molar-refractivity contribution < 1.29 is 22.7 Å². The summed E-state index contributed by atoms with van der Waals surface area (Å²) >= 11 is 0. The van der Waals surface area contributed by atoms with E-state index in [0.717, 1.165) is 0 Å². The predicted octanol–water partition coefficient (Wildman–Crippen LogP) is 2.19. The van der Waals surface area contributed by atoms with E-state index < -0.39 is 24.8 Å². The van der Waals surface area contributed by atoms with Gasteiger partial charge in [-0.2, -0.15) is 0 Å². The summed E-state index contributed by atoms with van der Waals surface area (Å²) in [5.74, 6) is -0.0834. The van der Waals surface area contributed by atoms with Crippen molar-refractivity contribution in [3.63, 3.8) is 0 Å². The molecule has 0 unspecified atom stereocenters. The van der Waals surface area contributed by atoms with E-state index in [0.29, 0.717) is 5.75 Å². The second-order valence-corrected chi connectivity index (χ2v) is 3.33. The molecule has 2 N–H and O–H groups in total.